The van der Waals surface area contributed by atoms with Crippen molar-refractivity contribution in [3.63, 3.8) is 0 Å². The van der Waals surface area contributed by atoms with Crippen molar-refractivity contribution in [1.82, 2.24) is 0 Å². The van der Waals surface area contributed by atoms with Gasteiger partial charge >= 0.3 is 0 Å². The van der Waals surface area contributed by atoms with Gasteiger partial charge in [0.15, 0.2) is 0 Å². The van der Waals surface area contributed by atoms with E-state index in [0.717, 1.165) is 5.56 Å². The van der Waals surface area contributed by atoms with Crippen LogP contribution in [-0.4, -0.2) is 5.11 Å². The molecule has 0 atom stereocenters. The van der Waals surface area contributed by atoms with Crippen LogP contribution >= 0.6 is 0 Å². The van der Waals surface area contributed by atoms with Crippen LogP contribution in [0.15, 0.2) is 42.5 Å². The molecule has 0 aliphatic carbocycles. The van der Waals surface area contributed by atoms with E-state index in [9.17, 15) is 0 Å². The topological polar surface area (TPSA) is 20.2 Å². The lowest BCUT2D eigenvalue weighted by Gasteiger charge is -2.09. The van der Waals surface area contributed by atoms with E-state index in [-0.39, 0.29) is 6.61 Å². The van der Waals surface area contributed by atoms with E-state index in [1.54, 1.807) is 0 Å². The van der Waals surface area contributed by atoms with Gasteiger partial charge in [-0.2, -0.15) is 0 Å². The van der Waals surface area contributed by atoms with Crippen LogP contribution in [0.2, 0.25) is 0 Å². The summed E-state index contributed by atoms with van der Waals surface area (Å²) in [6.45, 7) is 4.35. The van der Waals surface area contributed by atoms with Crippen molar-refractivity contribution < 1.29 is 5.11 Å². The minimum absolute atomic E-state index is 0.0959. The largest absolute Gasteiger partial charge is 0.392 e. The molecule has 0 heterocycles. The van der Waals surface area contributed by atoms with E-state index in [0.29, 0.717) is 0 Å². The number of aliphatic hydroxyl groups excluding tert-OH is 1. The number of benzene rings is 2. The SMILES string of the molecule is Cc1cccc(-c2cccc(CO)c2)c1C. The number of rotatable bonds is 2. The van der Waals surface area contributed by atoms with Crippen LogP contribution in [0.5, 0.6) is 0 Å². The highest BCUT2D eigenvalue weighted by Gasteiger charge is 2.03. The first-order chi connectivity index (χ1) is 7.72. The molecule has 82 valence electrons. The smallest absolute Gasteiger partial charge is 0.0682 e. The Bertz CT molecular complexity index is 501. The van der Waals surface area contributed by atoms with Crippen molar-refractivity contribution in [2.75, 3.05) is 0 Å². The average Bonchev–Trinajstić information content (AvgIpc) is 2.33. The minimum Gasteiger partial charge on any atom is -0.392 e. The van der Waals surface area contributed by atoms with Crippen molar-refractivity contribution in [3.8, 4) is 11.1 Å². The maximum absolute atomic E-state index is 9.13. The summed E-state index contributed by atoms with van der Waals surface area (Å²) in [6, 6.07) is 14.4. The number of aliphatic hydroxyl groups is 1. The second kappa shape index (κ2) is 4.50. The molecule has 0 radical (unpaired) electrons. The average molecular weight is 212 g/mol. The molecule has 0 aromatic heterocycles. The van der Waals surface area contributed by atoms with Gasteiger partial charge < -0.3 is 5.11 Å². The van der Waals surface area contributed by atoms with E-state index in [1.165, 1.54) is 22.3 Å². The summed E-state index contributed by atoms with van der Waals surface area (Å²) in [5.74, 6) is 0. The fourth-order valence-corrected chi connectivity index (χ4v) is 1.90. The van der Waals surface area contributed by atoms with Crippen LogP contribution in [0.4, 0.5) is 0 Å². The Morgan fingerprint density at radius 3 is 2.50 bits per heavy atom. The predicted molar refractivity (Wildman–Crippen MR) is 67.3 cm³/mol. The lowest BCUT2D eigenvalue weighted by molar-refractivity contribution is 0.282. The third kappa shape index (κ3) is 2.00. The lowest BCUT2D eigenvalue weighted by atomic mass is 9.96. The molecule has 0 spiro atoms. The number of aryl methyl sites for hydroxylation is 1. The van der Waals surface area contributed by atoms with Gasteiger partial charge in [0, 0.05) is 0 Å². The van der Waals surface area contributed by atoms with Crippen LogP contribution in [0.3, 0.4) is 0 Å². The van der Waals surface area contributed by atoms with Gasteiger partial charge in [-0.3, -0.25) is 0 Å². The molecular weight excluding hydrogens is 196 g/mol. The first-order valence-electron chi connectivity index (χ1n) is 5.49. The molecule has 0 aliphatic rings. The molecule has 0 unspecified atom stereocenters. The van der Waals surface area contributed by atoms with Crippen LogP contribution in [0, 0.1) is 13.8 Å². The van der Waals surface area contributed by atoms with Crippen LogP contribution in [0.25, 0.3) is 11.1 Å². The summed E-state index contributed by atoms with van der Waals surface area (Å²) in [5.41, 5.74) is 5.98. The van der Waals surface area contributed by atoms with E-state index in [2.05, 4.69) is 38.1 Å². The Morgan fingerprint density at radius 2 is 1.75 bits per heavy atom. The van der Waals surface area contributed by atoms with E-state index in [4.69, 9.17) is 5.11 Å². The molecule has 0 fully saturated rings. The van der Waals surface area contributed by atoms with Gasteiger partial charge in [0.05, 0.1) is 6.61 Å². The lowest BCUT2D eigenvalue weighted by Crippen LogP contribution is -1.89. The maximum atomic E-state index is 9.13. The molecule has 16 heavy (non-hydrogen) atoms. The number of hydrogen-bond acceptors (Lipinski definition) is 1. The third-order valence-corrected chi connectivity index (χ3v) is 3.03. The predicted octanol–water partition coefficient (Wildman–Crippen LogP) is 3.46. The quantitative estimate of drug-likeness (QED) is 0.808. The molecule has 0 saturated heterocycles. The van der Waals surface area contributed by atoms with Gasteiger partial charge in [-0.25, -0.2) is 0 Å². The molecule has 1 nitrogen and oxygen atoms in total. The monoisotopic (exact) mass is 212 g/mol. The first kappa shape index (κ1) is 10.9. The molecule has 2 aromatic rings. The van der Waals surface area contributed by atoms with E-state index < -0.39 is 0 Å². The zero-order valence-electron chi connectivity index (χ0n) is 9.70. The fourth-order valence-electron chi connectivity index (χ4n) is 1.90. The molecule has 1 N–H and O–H groups in total. The summed E-state index contributed by atoms with van der Waals surface area (Å²) in [4.78, 5) is 0. The summed E-state index contributed by atoms with van der Waals surface area (Å²) in [5, 5.41) is 9.13. The zero-order chi connectivity index (χ0) is 11.5. The summed E-state index contributed by atoms with van der Waals surface area (Å²) in [7, 11) is 0. The van der Waals surface area contributed by atoms with Crippen LogP contribution in [-0.2, 0) is 6.61 Å². The molecule has 0 aliphatic heterocycles. The maximum Gasteiger partial charge on any atom is 0.0682 e. The van der Waals surface area contributed by atoms with Gasteiger partial charge in [0.25, 0.3) is 0 Å². The Labute approximate surface area is 96.4 Å². The van der Waals surface area contributed by atoms with Crippen molar-refractivity contribution in [2.45, 2.75) is 20.5 Å². The summed E-state index contributed by atoms with van der Waals surface area (Å²) < 4.78 is 0. The molecular formula is C15H16O. The van der Waals surface area contributed by atoms with Crippen molar-refractivity contribution >= 4 is 0 Å². The van der Waals surface area contributed by atoms with Crippen molar-refractivity contribution in [1.29, 1.82) is 0 Å². The molecule has 0 saturated carbocycles. The summed E-state index contributed by atoms with van der Waals surface area (Å²) >= 11 is 0. The Kier molecular flexibility index (Phi) is 3.07. The van der Waals surface area contributed by atoms with Gasteiger partial charge in [-0.1, -0.05) is 36.4 Å². The second-order valence-corrected chi connectivity index (χ2v) is 4.11. The van der Waals surface area contributed by atoms with Crippen molar-refractivity contribution in [2.24, 2.45) is 0 Å². The van der Waals surface area contributed by atoms with Crippen LogP contribution in [0.1, 0.15) is 16.7 Å². The first-order valence-corrected chi connectivity index (χ1v) is 5.49. The highest BCUT2D eigenvalue weighted by atomic mass is 16.3. The van der Waals surface area contributed by atoms with E-state index in [1.807, 2.05) is 18.2 Å². The van der Waals surface area contributed by atoms with Gasteiger partial charge in [-0.05, 0) is 47.7 Å². The molecule has 2 aromatic carbocycles. The second-order valence-electron chi connectivity index (χ2n) is 4.11. The standard InChI is InChI=1S/C15H16O/c1-11-5-3-8-15(12(11)2)14-7-4-6-13(9-14)10-16/h3-9,16H,10H2,1-2H3. The highest BCUT2D eigenvalue weighted by Crippen LogP contribution is 2.26. The Morgan fingerprint density at radius 1 is 1.00 bits per heavy atom. The summed E-state index contributed by atoms with van der Waals surface area (Å²) in [6.07, 6.45) is 0. The molecule has 2 rings (SSSR count). The molecule has 1 heteroatoms. The minimum atomic E-state index is 0.0959. The number of hydrogen-bond donors (Lipinski definition) is 1. The highest BCUT2D eigenvalue weighted by molar-refractivity contribution is 5.68. The fraction of sp³-hybridized carbons (Fsp3) is 0.200. The van der Waals surface area contributed by atoms with Crippen molar-refractivity contribution in [3.05, 3.63) is 59.2 Å². The van der Waals surface area contributed by atoms with Gasteiger partial charge in [-0.15, -0.1) is 0 Å². The van der Waals surface area contributed by atoms with Gasteiger partial charge in [0.2, 0.25) is 0 Å². The van der Waals surface area contributed by atoms with E-state index >= 15 is 0 Å². The third-order valence-electron chi connectivity index (χ3n) is 3.03. The zero-order valence-corrected chi connectivity index (χ0v) is 9.70. The Balaban J connectivity index is 2.54. The van der Waals surface area contributed by atoms with Crippen LogP contribution < -0.4 is 0 Å². The van der Waals surface area contributed by atoms with Gasteiger partial charge in [0.1, 0.15) is 0 Å². The Hall–Kier alpha value is -1.60. The molecule has 0 amide bonds. The molecule has 0 bridgehead atoms. The normalized spacial score (nSPS) is 10.4.